The van der Waals surface area contributed by atoms with Crippen molar-refractivity contribution in [1.82, 2.24) is 4.90 Å². The van der Waals surface area contributed by atoms with Crippen LogP contribution in [0.4, 0.5) is 17.6 Å². The molecule has 3 nitrogen and oxygen atoms in total. The van der Waals surface area contributed by atoms with Crippen LogP contribution in [0, 0.1) is 12.7 Å². The minimum Gasteiger partial charge on any atom is -0.451 e. The highest BCUT2D eigenvalue weighted by Crippen LogP contribution is 2.28. The molecule has 1 aromatic carbocycles. The maximum Gasteiger partial charge on any atom is 0.406 e. The van der Waals surface area contributed by atoms with Crippen LogP contribution in [0.1, 0.15) is 16.1 Å². The number of rotatable bonds is 4. The molecule has 0 aliphatic heterocycles. The van der Waals surface area contributed by atoms with Crippen LogP contribution in [0.5, 0.6) is 0 Å². The van der Waals surface area contributed by atoms with E-state index in [0.29, 0.717) is 15.8 Å². The SMILES string of the molecule is C=CCN(CC(F)(F)F)C(=O)c1oc2ccc(F)cc2c1C. The van der Waals surface area contributed by atoms with Crippen LogP contribution in [0.25, 0.3) is 11.0 Å². The lowest BCUT2D eigenvalue weighted by Crippen LogP contribution is -2.39. The lowest BCUT2D eigenvalue weighted by molar-refractivity contribution is -0.139. The number of hydrogen-bond acceptors (Lipinski definition) is 2. The Morgan fingerprint density at radius 1 is 1.41 bits per heavy atom. The monoisotopic (exact) mass is 315 g/mol. The average Bonchev–Trinajstić information content (AvgIpc) is 2.73. The Bertz CT molecular complexity index is 718. The number of aryl methyl sites for hydroxylation is 1. The molecule has 0 aliphatic rings. The van der Waals surface area contributed by atoms with Crippen molar-refractivity contribution in [3.05, 3.63) is 48.0 Å². The van der Waals surface area contributed by atoms with E-state index in [1.807, 2.05) is 0 Å². The molecule has 1 aromatic heterocycles. The second kappa shape index (κ2) is 5.82. The van der Waals surface area contributed by atoms with Crippen LogP contribution in [-0.4, -0.2) is 30.1 Å². The fourth-order valence-electron chi connectivity index (χ4n) is 2.13. The molecule has 0 saturated carbocycles. The minimum atomic E-state index is -4.54. The number of benzene rings is 1. The summed E-state index contributed by atoms with van der Waals surface area (Å²) in [5.74, 6) is -1.66. The van der Waals surface area contributed by atoms with Gasteiger partial charge in [0.25, 0.3) is 5.91 Å². The van der Waals surface area contributed by atoms with Gasteiger partial charge in [0, 0.05) is 17.5 Å². The summed E-state index contributed by atoms with van der Waals surface area (Å²) < 4.78 is 56.2. The van der Waals surface area contributed by atoms with Gasteiger partial charge in [0.1, 0.15) is 17.9 Å². The number of halogens is 4. The fraction of sp³-hybridized carbons (Fsp3) is 0.267. The van der Waals surface area contributed by atoms with Gasteiger partial charge in [-0.3, -0.25) is 4.79 Å². The standard InChI is InChI=1S/C15H13F4NO2/c1-3-6-20(8-15(17,18)19)14(21)13-9(2)11-7-10(16)4-5-12(11)22-13/h3-5,7H,1,6,8H2,2H3. The van der Waals surface area contributed by atoms with Crippen LogP contribution < -0.4 is 0 Å². The Morgan fingerprint density at radius 2 is 2.09 bits per heavy atom. The number of amides is 1. The van der Waals surface area contributed by atoms with E-state index in [4.69, 9.17) is 4.42 Å². The number of furan rings is 1. The quantitative estimate of drug-likeness (QED) is 0.629. The lowest BCUT2D eigenvalue weighted by Gasteiger charge is -2.21. The second-order valence-electron chi connectivity index (χ2n) is 4.79. The molecule has 1 amide bonds. The van der Waals surface area contributed by atoms with Gasteiger partial charge in [-0.25, -0.2) is 4.39 Å². The Balaban J connectivity index is 2.42. The van der Waals surface area contributed by atoms with E-state index in [1.165, 1.54) is 25.1 Å². The van der Waals surface area contributed by atoms with Crippen molar-refractivity contribution in [1.29, 1.82) is 0 Å². The smallest absolute Gasteiger partial charge is 0.406 e. The highest BCUT2D eigenvalue weighted by Gasteiger charge is 2.34. The van der Waals surface area contributed by atoms with E-state index in [0.717, 1.165) is 6.07 Å². The molecule has 0 saturated heterocycles. The van der Waals surface area contributed by atoms with Crippen molar-refractivity contribution in [2.45, 2.75) is 13.1 Å². The third-order valence-corrected chi connectivity index (χ3v) is 3.10. The molecule has 0 unspecified atom stereocenters. The summed E-state index contributed by atoms with van der Waals surface area (Å²) in [5, 5.41) is 0.355. The summed E-state index contributed by atoms with van der Waals surface area (Å²) in [5.41, 5.74) is 0.545. The van der Waals surface area contributed by atoms with Gasteiger partial charge in [0.05, 0.1) is 0 Å². The molecule has 0 radical (unpaired) electrons. The molecule has 22 heavy (non-hydrogen) atoms. The van der Waals surface area contributed by atoms with E-state index >= 15 is 0 Å². The number of carbonyl (C=O) groups is 1. The molecule has 0 atom stereocenters. The summed E-state index contributed by atoms with van der Waals surface area (Å²) in [6.07, 6.45) is -3.34. The Morgan fingerprint density at radius 3 is 2.68 bits per heavy atom. The van der Waals surface area contributed by atoms with Crippen LogP contribution in [0.15, 0.2) is 35.3 Å². The highest BCUT2D eigenvalue weighted by molar-refractivity contribution is 5.99. The van der Waals surface area contributed by atoms with Gasteiger partial charge in [0.15, 0.2) is 5.76 Å². The molecule has 0 N–H and O–H groups in total. The predicted molar refractivity (Wildman–Crippen MR) is 73.1 cm³/mol. The number of carbonyl (C=O) groups excluding carboxylic acids is 1. The Hall–Kier alpha value is -2.31. The summed E-state index contributed by atoms with van der Waals surface area (Å²) >= 11 is 0. The zero-order valence-electron chi connectivity index (χ0n) is 11.7. The molecule has 0 aliphatic carbocycles. The molecule has 0 fully saturated rings. The number of alkyl halides is 3. The van der Waals surface area contributed by atoms with E-state index in [2.05, 4.69) is 6.58 Å². The lowest BCUT2D eigenvalue weighted by atomic mass is 10.1. The normalized spacial score (nSPS) is 11.7. The molecule has 2 rings (SSSR count). The van der Waals surface area contributed by atoms with E-state index in [-0.39, 0.29) is 17.9 Å². The summed E-state index contributed by atoms with van der Waals surface area (Å²) in [6.45, 7) is 3.15. The van der Waals surface area contributed by atoms with Crippen LogP contribution in [-0.2, 0) is 0 Å². The first-order chi connectivity index (χ1) is 10.2. The molecule has 118 valence electrons. The van der Waals surface area contributed by atoms with E-state index in [1.54, 1.807) is 0 Å². The van der Waals surface area contributed by atoms with Gasteiger partial charge in [-0.05, 0) is 25.1 Å². The first kappa shape index (κ1) is 16.1. The molecule has 2 aromatic rings. The van der Waals surface area contributed by atoms with Gasteiger partial charge in [0.2, 0.25) is 0 Å². The molecule has 7 heteroatoms. The highest BCUT2D eigenvalue weighted by atomic mass is 19.4. The van der Waals surface area contributed by atoms with Gasteiger partial charge in [-0.1, -0.05) is 6.08 Å². The predicted octanol–water partition coefficient (Wildman–Crippen LogP) is 4.07. The molecule has 1 heterocycles. The third-order valence-electron chi connectivity index (χ3n) is 3.10. The molecular formula is C15H13F4NO2. The van der Waals surface area contributed by atoms with Gasteiger partial charge >= 0.3 is 6.18 Å². The molecular weight excluding hydrogens is 302 g/mol. The Labute approximate surface area is 123 Å². The van der Waals surface area contributed by atoms with Crippen molar-refractivity contribution >= 4 is 16.9 Å². The minimum absolute atomic E-state index is 0.230. The first-order valence-electron chi connectivity index (χ1n) is 6.38. The molecule has 0 spiro atoms. The fourth-order valence-corrected chi connectivity index (χ4v) is 2.13. The summed E-state index contributed by atoms with van der Waals surface area (Å²) in [4.78, 5) is 12.9. The number of fused-ring (bicyclic) bond motifs is 1. The van der Waals surface area contributed by atoms with Gasteiger partial charge in [-0.15, -0.1) is 6.58 Å². The van der Waals surface area contributed by atoms with Crippen molar-refractivity contribution in [2.24, 2.45) is 0 Å². The molecule has 0 bridgehead atoms. The number of hydrogen-bond donors (Lipinski definition) is 0. The first-order valence-corrected chi connectivity index (χ1v) is 6.38. The van der Waals surface area contributed by atoms with Crippen molar-refractivity contribution < 1.29 is 26.8 Å². The average molecular weight is 315 g/mol. The van der Waals surface area contributed by atoms with Crippen molar-refractivity contribution in [3.63, 3.8) is 0 Å². The van der Waals surface area contributed by atoms with Gasteiger partial charge in [-0.2, -0.15) is 13.2 Å². The van der Waals surface area contributed by atoms with E-state index in [9.17, 15) is 22.4 Å². The van der Waals surface area contributed by atoms with Gasteiger partial charge < -0.3 is 9.32 Å². The zero-order chi connectivity index (χ0) is 16.5. The van der Waals surface area contributed by atoms with Crippen LogP contribution in [0.3, 0.4) is 0 Å². The summed E-state index contributed by atoms with van der Waals surface area (Å²) in [7, 11) is 0. The van der Waals surface area contributed by atoms with E-state index < -0.39 is 24.4 Å². The zero-order valence-corrected chi connectivity index (χ0v) is 11.7. The maximum atomic E-state index is 13.2. The van der Waals surface area contributed by atoms with Crippen molar-refractivity contribution in [2.75, 3.05) is 13.1 Å². The Kier molecular flexibility index (Phi) is 4.25. The number of nitrogens with zero attached hydrogens (tertiary/aromatic N) is 1. The summed E-state index contributed by atoms with van der Waals surface area (Å²) in [6, 6.07) is 3.65. The topological polar surface area (TPSA) is 33.5 Å². The third kappa shape index (κ3) is 3.29. The second-order valence-corrected chi connectivity index (χ2v) is 4.79. The largest absolute Gasteiger partial charge is 0.451 e. The van der Waals surface area contributed by atoms with Crippen LogP contribution >= 0.6 is 0 Å². The van der Waals surface area contributed by atoms with Crippen molar-refractivity contribution in [3.8, 4) is 0 Å². The maximum absolute atomic E-state index is 13.2. The van der Waals surface area contributed by atoms with Crippen LogP contribution in [0.2, 0.25) is 0 Å².